The standard InChI is InChI=1S/C19H19N3O13S4/c23-17-10-12(36-34-32-24)9-14-13(17)5-6-16(20-11-39(28,29)30)19(14)22-21-15-3-1-2-4-18(15)38(26,27)8-7-31-37-35-33-25/h1-6,9-10,20,23-25H,7-8,11H2,(H,28,29,30). The predicted molar refractivity (Wildman–Crippen MR) is 137 cm³/mol. The van der Waals surface area contributed by atoms with Gasteiger partial charge in [0.15, 0.2) is 22.2 Å². The van der Waals surface area contributed by atoms with E-state index in [9.17, 15) is 26.5 Å². The minimum absolute atomic E-state index is 0.0353. The summed E-state index contributed by atoms with van der Waals surface area (Å²) in [5, 5.41) is 45.0. The molecule has 0 saturated carbocycles. The highest BCUT2D eigenvalue weighted by Crippen LogP contribution is 2.41. The Bertz CT molecular complexity index is 1540. The second-order valence-corrected chi connectivity index (χ2v) is 12.0. The summed E-state index contributed by atoms with van der Waals surface area (Å²) < 4.78 is 70.8. The van der Waals surface area contributed by atoms with E-state index < -0.39 is 31.6 Å². The molecule has 39 heavy (non-hydrogen) atoms. The van der Waals surface area contributed by atoms with E-state index in [1.165, 1.54) is 48.5 Å². The number of hydrogen-bond acceptors (Lipinski definition) is 17. The first-order valence-corrected chi connectivity index (χ1v) is 14.9. The van der Waals surface area contributed by atoms with Crippen molar-refractivity contribution in [2.24, 2.45) is 10.2 Å². The van der Waals surface area contributed by atoms with Crippen LogP contribution < -0.4 is 5.32 Å². The lowest BCUT2D eigenvalue weighted by Gasteiger charge is -2.12. The number of aromatic hydroxyl groups is 1. The lowest BCUT2D eigenvalue weighted by atomic mass is 10.1. The number of azo groups is 1. The highest BCUT2D eigenvalue weighted by atomic mass is 32.2. The van der Waals surface area contributed by atoms with Crippen molar-refractivity contribution in [1.82, 2.24) is 0 Å². The van der Waals surface area contributed by atoms with Gasteiger partial charge in [0.25, 0.3) is 10.1 Å². The van der Waals surface area contributed by atoms with Gasteiger partial charge >= 0.3 is 0 Å². The van der Waals surface area contributed by atoms with Crippen LogP contribution in [0.1, 0.15) is 0 Å². The quantitative estimate of drug-likeness (QED) is 0.0392. The van der Waals surface area contributed by atoms with Crippen LogP contribution in [0, 0.1) is 0 Å². The Morgan fingerprint density at radius 2 is 1.67 bits per heavy atom. The molecular weight excluding hydrogens is 606 g/mol. The minimum atomic E-state index is -4.45. The van der Waals surface area contributed by atoms with E-state index in [0.29, 0.717) is 12.0 Å². The molecule has 0 fully saturated rings. The van der Waals surface area contributed by atoms with Gasteiger partial charge in [-0.1, -0.05) is 22.2 Å². The first kappa shape index (κ1) is 30.9. The van der Waals surface area contributed by atoms with Gasteiger partial charge in [0, 0.05) is 15.7 Å². The Hall–Kier alpha value is -2.60. The first-order valence-electron chi connectivity index (χ1n) is 10.2. The summed E-state index contributed by atoms with van der Waals surface area (Å²) in [6, 6.07) is 11.2. The van der Waals surface area contributed by atoms with E-state index in [-0.39, 0.29) is 62.3 Å². The molecule has 0 atom stereocenters. The van der Waals surface area contributed by atoms with Gasteiger partial charge in [-0.15, -0.1) is 18.9 Å². The zero-order valence-corrected chi connectivity index (χ0v) is 22.5. The van der Waals surface area contributed by atoms with Crippen molar-refractivity contribution >= 4 is 72.2 Å². The van der Waals surface area contributed by atoms with Crippen molar-refractivity contribution in [3.05, 3.63) is 48.5 Å². The van der Waals surface area contributed by atoms with Gasteiger partial charge in [0.1, 0.15) is 23.0 Å². The smallest absolute Gasteiger partial charge is 0.283 e. The zero-order chi connectivity index (χ0) is 28.5. The molecule has 20 heteroatoms. The van der Waals surface area contributed by atoms with E-state index in [0.717, 1.165) is 0 Å². The van der Waals surface area contributed by atoms with Crippen molar-refractivity contribution in [1.29, 1.82) is 0 Å². The van der Waals surface area contributed by atoms with Crippen LogP contribution in [0.15, 0.2) is 68.6 Å². The van der Waals surface area contributed by atoms with Crippen LogP contribution in [-0.4, -0.2) is 55.2 Å². The predicted octanol–water partition coefficient (Wildman–Crippen LogP) is 4.42. The average Bonchev–Trinajstić information content (AvgIpc) is 2.89. The fourth-order valence-corrected chi connectivity index (χ4v) is 5.45. The Labute approximate surface area is 229 Å². The Kier molecular flexibility index (Phi) is 11.2. The Balaban J connectivity index is 2.06. The van der Waals surface area contributed by atoms with Crippen molar-refractivity contribution in [3.8, 4) is 5.75 Å². The fraction of sp³-hybridized carbons (Fsp3) is 0.158. The van der Waals surface area contributed by atoms with Crippen LogP contribution >= 0.6 is 24.4 Å². The molecule has 3 aromatic rings. The summed E-state index contributed by atoms with van der Waals surface area (Å²) >= 11 is 0.748. The Morgan fingerprint density at radius 3 is 2.38 bits per heavy atom. The molecule has 212 valence electrons. The molecule has 3 rings (SSSR count). The molecule has 0 bridgehead atoms. The largest absolute Gasteiger partial charge is 0.507 e. The van der Waals surface area contributed by atoms with Crippen molar-refractivity contribution in [2.45, 2.75) is 9.79 Å². The maximum atomic E-state index is 12.9. The molecule has 0 aliphatic heterocycles. The molecule has 0 radical (unpaired) electrons. The number of hydrogen-bond donors (Lipinski definition) is 5. The average molecular weight is 626 g/mol. The Morgan fingerprint density at radius 1 is 0.923 bits per heavy atom. The maximum absolute atomic E-state index is 12.9. The molecule has 16 nitrogen and oxygen atoms in total. The molecule has 0 saturated heterocycles. The van der Waals surface area contributed by atoms with Gasteiger partial charge in [0.05, 0.1) is 35.0 Å². The topological polar surface area (TPSA) is 232 Å². The van der Waals surface area contributed by atoms with E-state index in [1.54, 1.807) is 0 Å². The molecule has 0 aromatic heterocycles. The summed E-state index contributed by atoms with van der Waals surface area (Å²) in [5.41, 5.74) is -0.0573. The van der Waals surface area contributed by atoms with Gasteiger partial charge < -0.3 is 10.4 Å². The van der Waals surface area contributed by atoms with Crippen molar-refractivity contribution in [2.75, 3.05) is 23.6 Å². The van der Waals surface area contributed by atoms with Gasteiger partial charge in [-0.05, 0) is 36.4 Å². The van der Waals surface area contributed by atoms with Crippen molar-refractivity contribution < 1.29 is 59.9 Å². The number of anilines is 1. The number of phenols is 1. The number of rotatable bonds is 15. The van der Waals surface area contributed by atoms with E-state index in [2.05, 4.69) is 34.3 Å². The summed E-state index contributed by atoms with van der Waals surface area (Å²) in [6.07, 6.45) is 0. The van der Waals surface area contributed by atoms with E-state index in [1.807, 2.05) is 0 Å². The molecule has 0 spiro atoms. The summed E-state index contributed by atoms with van der Waals surface area (Å²) in [6.45, 7) is -0.339. The third-order valence-corrected chi connectivity index (χ3v) is 7.83. The van der Waals surface area contributed by atoms with Crippen LogP contribution in [0.2, 0.25) is 0 Å². The summed E-state index contributed by atoms with van der Waals surface area (Å²) in [4.78, 5) is 0.0239. The number of sulfone groups is 1. The van der Waals surface area contributed by atoms with Crippen LogP contribution in [0.25, 0.3) is 10.8 Å². The van der Waals surface area contributed by atoms with Gasteiger partial charge in [-0.3, -0.25) is 8.74 Å². The number of benzene rings is 3. The second kappa shape index (κ2) is 14.2. The first-order chi connectivity index (χ1) is 18.6. The summed E-state index contributed by atoms with van der Waals surface area (Å²) in [5.74, 6) is -1.64. The SMILES string of the molecule is O=S(=O)(O)CNc1ccc2c(O)cc(SOOO)cc2c1N=Nc1ccccc1S(=O)(=O)CCOSOOO. The van der Waals surface area contributed by atoms with Gasteiger partial charge in [-0.2, -0.15) is 8.42 Å². The van der Waals surface area contributed by atoms with E-state index >= 15 is 0 Å². The molecule has 0 heterocycles. The minimum Gasteiger partial charge on any atom is -0.507 e. The van der Waals surface area contributed by atoms with E-state index in [4.69, 9.17) is 14.7 Å². The van der Waals surface area contributed by atoms with Gasteiger partial charge in [-0.25, -0.2) is 18.9 Å². The lowest BCUT2D eigenvalue weighted by molar-refractivity contribution is -0.434. The normalized spacial score (nSPS) is 12.4. The maximum Gasteiger partial charge on any atom is 0.283 e. The molecule has 3 aromatic carbocycles. The monoisotopic (exact) mass is 625 g/mol. The molecule has 0 unspecified atom stereocenters. The zero-order valence-electron chi connectivity index (χ0n) is 19.2. The summed E-state index contributed by atoms with van der Waals surface area (Å²) in [7, 11) is -8.42. The van der Waals surface area contributed by atoms with Crippen molar-refractivity contribution in [3.63, 3.8) is 0 Å². The number of phenolic OH excluding ortho intramolecular Hbond substituents is 1. The lowest BCUT2D eigenvalue weighted by Crippen LogP contribution is -2.13. The third-order valence-electron chi connectivity index (χ3n) is 4.66. The fourth-order valence-electron chi connectivity index (χ4n) is 3.12. The van der Waals surface area contributed by atoms with Gasteiger partial charge in [0.2, 0.25) is 0 Å². The third kappa shape index (κ3) is 8.96. The molecule has 5 N–H and O–H groups in total. The number of fused-ring (bicyclic) bond motifs is 1. The second-order valence-electron chi connectivity index (χ2n) is 7.15. The van der Waals surface area contributed by atoms with Crippen LogP contribution in [0.4, 0.5) is 17.1 Å². The molecular formula is C19H19N3O13S4. The molecule has 0 aliphatic rings. The van der Waals surface area contributed by atoms with Crippen LogP contribution in [0.3, 0.4) is 0 Å². The van der Waals surface area contributed by atoms with Crippen LogP contribution in [-0.2, 0) is 42.9 Å². The number of nitrogens with one attached hydrogen (secondary N) is 1. The highest BCUT2D eigenvalue weighted by Gasteiger charge is 2.20. The van der Waals surface area contributed by atoms with Crippen LogP contribution in [0.5, 0.6) is 5.75 Å². The number of nitrogens with zero attached hydrogens (tertiary/aromatic N) is 2. The molecule has 0 amide bonds. The molecule has 0 aliphatic carbocycles. The highest BCUT2D eigenvalue weighted by molar-refractivity contribution is 7.94.